The number of nitrogens with one attached hydrogen (secondary N) is 1. The van der Waals surface area contributed by atoms with Gasteiger partial charge in [-0.25, -0.2) is 23.7 Å². The number of hydrogen-bond donors (Lipinski definition) is 7. The van der Waals surface area contributed by atoms with Crippen LogP contribution in [0.25, 0.3) is 11.2 Å². The van der Waals surface area contributed by atoms with Crippen molar-refractivity contribution in [1.29, 1.82) is 0 Å². The number of phosphoric acid groups is 3. The highest BCUT2D eigenvalue weighted by atomic mass is 31.3. The minimum absolute atomic E-state index is 0.00944. The van der Waals surface area contributed by atoms with Crippen molar-refractivity contribution < 1.29 is 61.4 Å². The zero-order valence-electron chi connectivity index (χ0n) is 28.9. The molecule has 0 amide bonds. The Bertz CT molecular complexity index is 1830. The number of fused-ring (bicyclic) bond motifs is 1. The Morgan fingerprint density at radius 1 is 0.863 bits per heavy atom. The molecule has 1 aliphatic rings. The van der Waals surface area contributed by atoms with E-state index < -0.39 is 59.7 Å². The second kappa shape index (κ2) is 18.6. The van der Waals surface area contributed by atoms with E-state index in [9.17, 15) is 38.5 Å². The van der Waals surface area contributed by atoms with Crippen LogP contribution in [0.15, 0.2) is 64.0 Å². The second-order valence-electron chi connectivity index (χ2n) is 12.5. The van der Waals surface area contributed by atoms with Gasteiger partial charge in [0.1, 0.15) is 24.4 Å². The molecule has 3 unspecified atom stereocenters. The molecule has 286 valence electrons. The number of aliphatic hydroxyl groups is 2. The SMILES string of the molecule is CC(C)=CCCC(C)=CCCC(C)=CCCC(C)=CCC(OP(=O)(O)OP(=O)(O)OP(=O)(O)O)[C@H]1O[C@@H](n2cnc3c(=O)[nH]cnc32)[C@H](O)[C@@H]1O. The van der Waals surface area contributed by atoms with E-state index in [0.717, 1.165) is 48.5 Å². The van der Waals surface area contributed by atoms with Crippen molar-refractivity contribution in [2.75, 3.05) is 0 Å². The summed E-state index contributed by atoms with van der Waals surface area (Å²) in [4.78, 5) is 60.2. The Morgan fingerprint density at radius 2 is 1.43 bits per heavy atom. The van der Waals surface area contributed by atoms with Crippen molar-refractivity contribution in [1.82, 2.24) is 19.5 Å². The first-order chi connectivity index (χ1) is 23.7. The molecule has 2 aromatic rings. The molecular formula is C30H47N4O14P3. The number of nitrogens with zero attached hydrogens (tertiary/aromatic N) is 3. The summed E-state index contributed by atoms with van der Waals surface area (Å²) in [5.41, 5.74) is 3.94. The summed E-state index contributed by atoms with van der Waals surface area (Å²) in [5.74, 6) is 0. The number of imidazole rings is 1. The van der Waals surface area contributed by atoms with Gasteiger partial charge >= 0.3 is 23.5 Å². The maximum absolute atomic E-state index is 12.8. The summed E-state index contributed by atoms with van der Waals surface area (Å²) in [6.45, 7) is 10.1. The van der Waals surface area contributed by atoms with E-state index in [2.05, 4.69) is 62.6 Å². The third kappa shape index (κ3) is 13.8. The fraction of sp³-hybridized carbons (Fsp3) is 0.567. The summed E-state index contributed by atoms with van der Waals surface area (Å²) in [7, 11) is -17.2. The lowest BCUT2D eigenvalue weighted by molar-refractivity contribution is -0.0798. The molecule has 18 nitrogen and oxygen atoms in total. The van der Waals surface area contributed by atoms with Crippen LogP contribution in [-0.2, 0) is 31.6 Å². The molecule has 0 spiro atoms. The van der Waals surface area contributed by atoms with Crippen molar-refractivity contribution in [3.8, 4) is 0 Å². The van der Waals surface area contributed by atoms with Crippen molar-refractivity contribution in [3.05, 3.63) is 69.6 Å². The van der Waals surface area contributed by atoms with Crippen LogP contribution in [-0.4, -0.2) is 73.7 Å². The molecule has 1 saturated heterocycles. The Morgan fingerprint density at radius 3 is 2.00 bits per heavy atom. The number of phosphoric ester groups is 1. The van der Waals surface area contributed by atoms with Crippen molar-refractivity contribution in [2.45, 2.75) is 110 Å². The molecule has 7 atom stereocenters. The molecule has 51 heavy (non-hydrogen) atoms. The Kier molecular flexibility index (Phi) is 15.7. The molecule has 0 saturated carbocycles. The first kappa shape index (κ1) is 43.0. The van der Waals surface area contributed by atoms with Crippen LogP contribution in [0, 0.1) is 0 Å². The number of aromatic nitrogens is 4. The molecule has 0 radical (unpaired) electrons. The molecule has 0 aliphatic carbocycles. The second-order valence-corrected chi connectivity index (χ2v) is 16.9. The van der Waals surface area contributed by atoms with Gasteiger partial charge < -0.3 is 39.5 Å². The molecule has 7 N–H and O–H groups in total. The minimum Gasteiger partial charge on any atom is -0.387 e. The van der Waals surface area contributed by atoms with Crippen LogP contribution >= 0.6 is 23.5 Å². The fourth-order valence-electron chi connectivity index (χ4n) is 5.28. The smallest absolute Gasteiger partial charge is 0.387 e. The largest absolute Gasteiger partial charge is 0.490 e. The lowest BCUT2D eigenvalue weighted by Gasteiger charge is -2.27. The number of aromatic amines is 1. The minimum atomic E-state index is -5.85. The average molecular weight is 781 g/mol. The number of ether oxygens (including phenoxy) is 1. The lowest BCUT2D eigenvalue weighted by Crippen LogP contribution is -2.39. The van der Waals surface area contributed by atoms with E-state index in [-0.39, 0.29) is 17.6 Å². The molecule has 3 heterocycles. The van der Waals surface area contributed by atoms with E-state index in [0.29, 0.717) is 12.8 Å². The highest BCUT2D eigenvalue weighted by Crippen LogP contribution is 2.67. The highest BCUT2D eigenvalue weighted by molar-refractivity contribution is 7.66. The normalized spacial score (nSPS) is 23.6. The standard InChI is InChI=1S/C30H47N4O14P3/c1-19(2)9-6-10-20(3)11-7-12-21(4)13-8-14-22(5)15-16-23(46-50(41,42)48-51(43,44)47-49(38,39)40)27-25(35)26(36)30(45-27)34-18-33-24-28(34)31-17-32-29(24)37/h9,11,13,15,17-18,23,25-27,30,35-36H,6-8,10,12,14,16H2,1-5H3,(H,41,42)(H,43,44)(H,31,32,37)(H2,38,39,40)/t23?,25-,26+,27+,30+/m0/s1. The number of allylic oxidation sites excluding steroid dienone is 7. The number of H-pyrrole nitrogens is 1. The zero-order valence-corrected chi connectivity index (χ0v) is 31.6. The van der Waals surface area contributed by atoms with Gasteiger partial charge in [-0.3, -0.25) is 13.9 Å². The molecule has 3 rings (SSSR count). The van der Waals surface area contributed by atoms with Crippen LogP contribution in [0.2, 0.25) is 0 Å². The van der Waals surface area contributed by atoms with E-state index in [4.69, 9.17) is 19.0 Å². The van der Waals surface area contributed by atoms with Crippen LogP contribution in [0.3, 0.4) is 0 Å². The Hall–Kier alpha value is -2.40. The number of hydrogen-bond acceptors (Lipinski definition) is 12. The predicted octanol–water partition coefficient (Wildman–Crippen LogP) is 4.99. The van der Waals surface area contributed by atoms with Gasteiger partial charge in [0.05, 0.1) is 12.7 Å². The van der Waals surface area contributed by atoms with Gasteiger partial charge in [0.15, 0.2) is 17.4 Å². The van der Waals surface area contributed by atoms with Gasteiger partial charge in [0.2, 0.25) is 0 Å². The first-order valence-corrected chi connectivity index (χ1v) is 20.5. The van der Waals surface area contributed by atoms with Crippen LogP contribution in [0.4, 0.5) is 0 Å². The molecule has 21 heteroatoms. The molecule has 1 fully saturated rings. The maximum atomic E-state index is 12.8. The average Bonchev–Trinajstić information content (AvgIpc) is 3.54. The van der Waals surface area contributed by atoms with Gasteiger partial charge in [0.25, 0.3) is 5.56 Å². The van der Waals surface area contributed by atoms with Gasteiger partial charge in [0, 0.05) is 0 Å². The predicted molar refractivity (Wildman–Crippen MR) is 186 cm³/mol. The molecule has 2 aromatic heterocycles. The quantitative estimate of drug-likeness (QED) is 0.0731. The van der Waals surface area contributed by atoms with Crippen LogP contribution in [0.1, 0.15) is 85.8 Å². The molecule has 1 aliphatic heterocycles. The van der Waals surface area contributed by atoms with Gasteiger partial charge in [-0.1, -0.05) is 46.6 Å². The monoisotopic (exact) mass is 780 g/mol. The molecule has 0 aromatic carbocycles. The van der Waals surface area contributed by atoms with Crippen LogP contribution in [0.5, 0.6) is 0 Å². The fourth-order valence-corrected chi connectivity index (χ4v) is 8.49. The lowest BCUT2D eigenvalue weighted by atomic mass is 10.0. The van der Waals surface area contributed by atoms with E-state index in [1.165, 1.54) is 16.7 Å². The zero-order chi connectivity index (χ0) is 38.1. The Balaban J connectivity index is 1.75. The summed E-state index contributed by atoms with van der Waals surface area (Å²) >= 11 is 0. The first-order valence-electron chi connectivity index (χ1n) is 16.0. The molecule has 0 bridgehead atoms. The third-order valence-electron chi connectivity index (χ3n) is 7.82. The van der Waals surface area contributed by atoms with Gasteiger partial charge in [-0.2, -0.15) is 8.62 Å². The van der Waals surface area contributed by atoms with E-state index in [1.54, 1.807) is 13.0 Å². The maximum Gasteiger partial charge on any atom is 0.490 e. The third-order valence-corrected chi connectivity index (χ3v) is 11.7. The number of aliphatic hydroxyl groups excluding tert-OH is 2. The van der Waals surface area contributed by atoms with Gasteiger partial charge in [-0.15, -0.1) is 0 Å². The van der Waals surface area contributed by atoms with E-state index >= 15 is 0 Å². The van der Waals surface area contributed by atoms with Gasteiger partial charge in [-0.05, 0) is 79.6 Å². The summed E-state index contributed by atoms with van der Waals surface area (Å²) in [6.07, 6.45) is 7.02. The highest BCUT2D eigenvalue weighted by Gasteiger charge is 2.50. The van der Waals surface area contributed by atoms with Crippen molar-refractivity contribution in [2.24, 2.45) is 0 Å². The van der Waals surface area contributed by atoms with E-state index in [1.807, 2.05) is 6.92 Å². The number of rotatable bonds is 19. The summed E-state index contributed by atoms with van der Waals surface area (Å²) in [5, 5.41) is 21.9. The van der Waals surface area contributed by atoms with Crippen molar-refractivity contribution in [3.63, 3.8) is 0 Å². The van der Waals surface area contributed by atoms with Crippen molar-refractivity contribution >= 4 is 34.6 Å². The molecular weight excluding hydrogens is 733 g/mol. The Labute approximate surface area is 295 Å². The summed E-state index contributed by atoms with van der Waals surface area (Å²) < 4.78 is 55.8. The topological polar surface area (TPSA) is 273 Å². The van der Waals surface area contributed by atoms with Crippen LogP contribution < -0.4 is 5.56 Å². The summed E-state index contributed by atoms with van der Waals surface area (Å²) in [6, 6.07) is 0.